The van der Waals surface area contributed by atoms with Crippen molar-refractivity contribution in [3.63, 3.8) is 0 Å². The van der Waals surface area contributed by atoms with Crippen LogP contribution in [0.1, 0.15) is 31.4 Å². The van der Waals surface area contributed by atoms with Gasteiger partial charge in [-0.05, 0) is 36.6 Å². The number of carboxylic acids is 1. The molecule has 0 radical (unpaired) electrons. The van der Waals surface area contributed by atoms with Crippen molar-refractivity contribution < 1.29 is 24.2 Å². The van der Waals surface area contributed by atoms with E-state index in [0.29, 0.717) is 5.56 Å². The van der Waals surface area contributed by atoms with Crippen LogP contribution < -0.4 is 5.32 Å². The van der Waals surface area contributed by atoms with Crippen molar-refractivity contribution in [2.24, 2.45) is 5.92 Å². The van der Waals surface area contributed by atoms with Crippen LogP contribution in [0.4, 0.5) is 0 Å². The van der Waals surface area contributed by atoms with Crippen LogP contribution in [0.5, 0.6) is 0 Å². The predicted octanol–water partition coefficient (Wildman–Crippen LogP) is 2.68. The molecule has 1 heterocycles. The van der Waals surface area contributed by atoms with E-state index in [0.717, 1.165) is 16.7 Å². The van der Waals surface area contributed by atoms with Crippen molar-refractivity contribution in [1.82, 2.24) is 5.32 Å². The van der Waals surface area contributed by atoms with Crippen molar-refractivity contribution in [1.29, 1.82) is 5.26 Å². The summed E-state index contributed by atoms with van der Waals surface area (Å²) in [5.74, 6) is -2.89. The Labute approximate surface area is 174 Å². The van der Waals surface area contributed by atoms with Crippen LogP contribution in [0.3, 0.4) is 0 Å². The number of rotatable bonds is 6. The van der Waals surface area contributed by atoms with Crippen LogP contribution in [0.25, 0.3) is 11.1 Å². The van der Waals surface area contributed by atoms with Gasteiger partial charge in [0.1, 0.15) is 11.6 Å². The minimum atomic E-state index is -1.16. The fraction of sp³-hybridized carbons (Fsp3) is 0.304. The third-order valence-corrected chi connectivity index (χ3v) is 5.27. The highest BCUT2D eigenvalue weighted by Gasteiger charge is 2.46. The van der Waals surface area contributed by atoms with Crippen LogP contribution in [0, 0.1) is 17.2 Å². The number of carbonyl (C=O) groups excluding carboxylic acids is 2. The molecule has 0 bridgehead atoms. The second kappa shape index (κ2) is 8.37. The first-order valence-corrected chi connectivity index (χ1v) is 9.54. The number of amides is 1. The van der Waals surface area contributed by atoms with Gasteiger partial charge < -0.3 is 15.2 Å². The Morgan fingerprint density at radius 1 is 1.23 bits per heavy atom. The van der Waals surface area contributed by atoms with Gasteiger partial charge in [0.05, 0.1) is 24.0 Å². The normalized spacial score (nSPS) is 18.2. The number of nitrogens with zero attached hydrogens (tertiary/aromatic N) is 1. The van der Waals surface area contributed by atoms with E-state index in [1.165, 1.54) is 0 Å². The number of hydrogen-bond acceptors (Lipinski definition) is 5. The Morgan fingerprint density at radius 2 is 1.90 bits per heavy atom. The van der Waals surface area contributed by atoms with E-state index in [4.69, 9.17) is 4.74 Å². The number of hydrogen-bond donors (Lipinski definition) is 2. The molecule has 1 amide bonds. The van der Waals surface area contributed by atoms with E-state index in [1.54, 1.807) is 38.1 Å². The summed E-state index contributed by atoms with van der Waals surface area (Å²) in [6.45, 7) is 3.27. The number of aliphatic carboxylic acids is 1. The first-order valence-electron chi connectivity index (χ1n) is 9.54. The number of carbonyl (C=O) groups is 3. The fourth-order valence-corrected chi connectivity index (χ4v) is 3.59. The molecule has 1 aliphatic rings. The molecule has 1 aliphatic heterocycles. The van der Waals surface area contributed by atoms with E-state index in [1.807, 2.05) is 24.3 Å². The summed E-state index contributed by atoms with van der Waals surface area (Å²) in [7, 11) is 0. The van der Waals surface area contributed by atoms with Crippen molar-refractivity contribution in [3.05, 3.63) is 59.7 Å². The molecule has 2 aromatic carbocycles. The monoisotopic (exact) mass is 406 g/mol. The molecule has 1 fully saturated rings. The summed E-state index contributed by atoms with van der Waals surface area (Å²) in [5, 5.41) is 21.4. The Morgan fingerprint density at radius 3 is 2.47 bits per heavy atom. The highest BCUT2D eigenvalue weighted by Crippen LogP contribution is 2.32. The van der Waals surface area contributed by atoms with Crippen molar-refractivity contribution in [3.8, 4) is 17.2 Å². The maximum absolute atomic E-state index is 12.6. The number of nitrogens with one attached hydrogen (secondary N) is 1. The number of carboxylic acid groups (broad SMARTS) is 1. The van der Waals surface area contributed by atoms with Gasteiger partial charge in [-0.15, -0.1) is 0 Å². The van der Waals surface area contributed by atoms with Crippen LogP contribution in [-0.4, -0.2) is 34.6 Å². The van der Waals surface area contributed by atoms with Crippen LogP contribution in [0.15, 0.2) is 48.5 Å². The molecule has 2 aromatic rings. The topological polar surface area (TPSA) is 116 Å². The van der Waals surface area contributed by atoms with Crippen molar-refractivity contribution in [2.75, 3.05) is 0 Å². The molecule has 0 aromatic heterocycles. The quantitative estimate of drug-likeness (QED) is 0.713. The molecule has 30 heavy (non-hydrogen) atoms. The number of esters is 1. The molecule has 154 valence electrons. The second-order valence-electron chi connectivity index (χ2n) is 7.79. The van der Waals surface area contributed by atoms with Gasteiger partial charge in [-0.25, -0.2) is 4.79 Å². The molecule has 7 nitrogen and oxygen atoms in total. The molecule has 7 heteroatoms. The third-order valence-electron chi connectivity index (χ3n) is 5.27. The largest absolute Gasteiger partial charge is 0.480 e. The number of benzene rings is 2. The van der Waals surface area contributed by atoms with Crippen LogP contribution >= 0.6 is 0 Å². The van der Waals surface area contributed by atoms with Gasteiger partial charge in [-0.2, -0.15) is 5.26 Å². The summed E-state index contributed by atoms with van der Waals surface area (Å²) in [6.07, 6.45) is 0.0153. The van der Waals surface area contributed by atoms with Gasteiger partial charge >= 0.3 is 11.9 Å². The zero-order valence-electron chi connectivity index (χ0n) is 16.7. The van der Waals surface area contributed by atoms with E-state index in [-0.39, 0.29) is 12.8 Å². The molecule has 0 spiro atoms. The maximum atomic E-state index is 12.6. The first-order chi connectivity index (χ1) is 14.2. The number of cyclic esters (lactones) is 1. The first kappa shape index (κ1) is 21.1. The van der Waals surface area contributed by atoms with E-state index < -0.39 is 35.4 Å². The Hall–Kier alpha value is -3.66. The van der Waals surface area contributed by atoms with E-state index in [2.05, 4.69) is 11.4 Å². The third kappa shape index (κ3) is 4.49. The SMILES string of the molecule is CC1(C)OC(=O)CC1C(=O)N[C@@H](Cc1ccc(-c2ccccc2C#N)cc1)C(=O)O. The van der Waals surface area contributed by atoms with Crippen LogP contribution in [-0.2, 0) is 25.5 Å². The Balaban J connectivity index is 1.73. The van der Waals surface area contributed by atoms with Gasteiger partial charge in [0, 0.05) is 6.42 Å². The fourth-order valence-electron chi connectivity index (χ4n) is 3.59. The molecule has 2 atom stereocenters. The summed E-state index contributed by atoms with van der Waals surface area (Å²) >= 11 is 0. The predicted molar refractivity (Wildman–Crippen MR) is 108 cm³/mol. The molecule has 1 unspecified atom stereocenters. The average Bonchev–Trinajstić information content (AvgIpc) is 3.00. The summed E-state index contributed by atoms with van der Waals surface area (Å²) < 4.78 is 5.15. The van der Waals surface area contributed by atoms with Crippen molar-refractivity contribution >= 4 is 17.8 Å². The number of nitriles is 1. The smallest absolute Gasteiger partial charge is 0.326 e. The molecule has 0 aliphatic carbocycles. The zero-order chi connectivity index (χ0) is 21.9. The van der Waals surface area contributed by atoms with E-state index >= 15 is 0 Å². The second-order valence-corrected chi connectivity index (χ2v) is 7.79. The highest BCUT2D eigenvalue weighted by molar-refractivity contribution is 5.90. The molecular weight excluding hydrogens is 384 g/mol. The minimum Gasteiger partial charge on any atom is -0.480 e. The van der Waals surface area contributed by atoms with Gasteiger partial charge in [-0.3, -0.25) is 9.59 Å². The van der Waals surface area contributed by atoms with E-state index in [9.17, 15) is 24.8 Å². The Kier molecular flexibility index (Phi) is 5.88. The molecule has 1 saturated heterocycles. The van der Waals surface area contributed by atoms with Gasteiger partial charge in [0.15, 0.2) is 0 Å². The minimum absolute atomic E-state index is 0.0713. The van der Waals surface area contributed by atoms with Gasteiger partial charge in [0.2, 0.25) is 5.91 Å². The van der Waals surface area contributed by atoms with Gasteiger partial charge in [0.25, 0.3) is 0 Å². The maximum Gasteiger partial charge on any atom is 0.326 e. The lowest BCUT2D eigenvalue weighted by Gasteiger charge is -2.25. The molecule has 3 rings (SSSR count). The molecule has 0 saturated carbocycles. The Bertz CT molecular complexity index is 1020. The highest BCUT2D eigenvalue weighted by atomic mass is 16.6. The summed E-state index contributed by atoms with van der Waals surface area (Å²) in [6, 6.07) is 15.4. The standard InChI is InChI=1S/C23H22N2O5/c1-23(2)18(12-20(26)30-23)21(27)25-19(22(28)29)11-14-7-9-15(10-8-14)17-6-4-3-5-16(17)13-24/h3-10,18-19H,11-12H2,1-2H3,(H,25,27)(H,28,29)/t18?,19-/m0/s1. The lowest BCUT2D eigenvalue weighted by Crippen LogP contribution is -2.48. The molecule has 2 N–H and O–H groups in total. The summed E-state index contributed by atoms with van der Waals surface area (Å²) in [5.41, 5.74) is 1.94. The summed E-state index contributed by atoms with van der Waals surface area (Å²) in [4.78, 5) is 35.8. The number of ether oxygens (including phenoxy) is 1. The lowest BCUT2D eigenvalue weighted by molar-refractivity contribution is -0.148. The van der Waals surface area contributed by atoms with Crippen molar-refractivity contribution in [2.45, 2.75) is 38.3 Å². The van der Waals surface area contributed by atoms with Gasteiger partial charge in [-0.1, -0.05) is 42.5 Å². The average molecular weight is 406 g/mol. The van der Waals surface area contributed by atoms with Crippen LogP contribution in [0.2, 0.25) is 0 Å². The zero-order valence-corrected chi connectivity index (χ0v) is 16.7. The lowest BCUT2D eigenvalue weighted by atomic mass is 9.89. The molecular formula is C23H22N2O5.